The molecule has 1 aliphatic rings. The first-order valence-corrected chi connectivity index (χ1v) is 7.19. The maximum absolute atomic E-state index is 12.1. The zero-order chi connectivity index (χ0) is 14.8. The fourth-order valence-electron chi connectivity index (χ4n) is 2.06. The molecule has 0 bridgehead atoms. The monoisotopic (exact) mass is 286 g/mol. The number of hydrogen-bond acceptors (Lipinski definition) is 5. The van der Waals surface area contributed by atoms with Gasteiger partial charge in [0.25, 0.3) is 5.91 Å². The maximum Gasteiger partial charge on any atom is 0.270 e. The Hall–Kier alpha value is -2.31. The first kappa shape index (κ1) is 13.7. The van der Waals surface area contributed by atoms with Crippen LogP contribution in [0.2, 0.25) is 0 Å². The summed E-state index contributed by atoms with van der Waals surface area (Å²) in [7, 11) is 0. The molecule has 2 aromatic heterocycles. The van der Waals surface area contributed by atoms with Crippen molar-refractivity contribution in [3.8, 4) is 0 Å². The molecule has 0 radical (unpaired) electrons. The van der Waals surface area contributed by atoms with Crippen LogP contribution in [0.5, 0.6) is 0 Å². The van der Waals surface area contributed by atoms with Gasteiger partial charge in [-0.3, -0.25) is 4.79 Å². The number of carbonyl (C=O) groups is 1. The molecule has 0 saturated heterocycles. The number of aryl methyl sites for hydroxylation is 2. The van der Waals surface area contributed by atoms with Gasteiger partial charge in [-0.05, 0) is 32.8 Å². The molecule has 21 heavy (non-hydrogen) atoms. The second kappa shape index (κ2) is 5.59. The number of nitrogens with zero attached hydrogens (tertiary/aromatic N) is 5. The fraction of sp³-hybridized carbons (Fsp3) is 0.500. The summed E-state index contributed by atoms with van der Waals surface area (Å²) < 4.78 is 0. The Morgan fingerprint density at radius 1 is 1.43 bits per heavy atom. The summed E-state index contributed by atoms with van der Waals surface area (Å²) in [5.74, 6) is 1.00. The lowest BCUT2D eigenvalue weighted by Crippen LogP contribution is -2.25. The van der Waals surface area contributed by atoms with Gasteiger partial charge in [0.2, 0.25) is 0 Å². The number of aromatic nitrogens is 5. The van der Waals surface area contributed by atoms with Gasteiger partial charge in [-0.2, -0.15) is 15.0 Å². The van der Waals surface area contributed by atoms with E-state index in [-0.39, 0.29) is 5.91 Å². The lowest BCUT2D eigenvalue weighted by atomic mass is 10.3. The molecule has 0 spiro atoms. The van der Waals surface area contributed by atoms with Crippen molar-refractivity contribution in [3.63, 3.8) is 0 Å². The molecule has 7 nitrogen and oxygen atoms in total. The molecule has 0 aromatic carbocycles. The van der Waals surface area contributed by atoms with E-state index >= 15 is 0 Å². The molecule has 110 valence electrons. The third-order valence-electron chi connectivity index (χ3n) is 3.47. The SMILES string of the molecule is CCn1nc(C)c(CNC(=O)c2ccnc(C3CC3)n2)n1. The summed E-state index contributed by atoms with van der Waals surface area (Å²) in [6, 6.07) is 1.64. The first-order chi connectivity index (χ1) is 10.2. The van der Waals surface area contributed by atoms with Crippen molar-refractivity contribution in [2.45, 2.75) is 45.7 Å². The molecule has 1 aliphatic carbocycles. The van der Waals surface area contributed by atoms with Gasteiger partial charge in [0.1, 0.15) is 17.2 Å². The number of rotatable bonds is 5. The van der Waals surface area contributed by atoms with Crippen LogP contribution in [0.15, 0.2) is 12.3 Å². The lowest BCUT2D eigenvalue weighted by Gasteiger charge is -2.04. The summed E-state index contributed by atoms with van der Waals surface area (Å²) in [5.41, 5.74) is 2.02. The van der Waals surface area contributed by atoms with Crippen molar-refractivity contribution in [3.05, 3.63) is 35.2 Å². The number of carbonyl (C=O) groups excluding carboxylic acids is 1. The smallest absolute Gasteiger partial charge is 0.270 e. The zero-order valence-electron chi connectivity index (χ0n) is 12.2. The molecule has 0 aliphatic heterocycles. The summed E-state index contributed by atoms with van der Waals surface area (Å²) in [6.07, 6.45) is 3.88. The molecule has 1 N–H and O–H groups in total. The van der Waals surface area contributed by atoms with E-state index in [4.69, 9.17) is 0 Å². The molecule has 1 amide bonds. The average Bonchev–Trinajstić information content (AvgIpc) is 3.29. The summed E-state index contributed by atoms with van der Waals surface area (Å²) in [5, 5.41) is 11.4. The van der Waals surface area contributed by atoms with Gasteiger partial charge >= 0.3 is 0 Å². The van der Waals surface area contributed by atoms with Gasteiger partial charge < -0.3 is 5.32 Å². The zero-order valence-corrected chi connectivity index (χ0v) is 12.2. The van der Waals surface area contributed by atoms with Crippen molar-refractivity contribution in [1.82, 2.24) is 30.3 Å². The van der Waals surface area contributed by atoms with Gasteiger partial charge in [-0.15, -0.1) is 0 Å². The highest BCUT2D eigenvalue weighted by atomic mass is 16.1. The van der Waals surface area contributed by atoms with Crippen LogP contribution in [-0.4, -0.2) is 30.9 Å². The van der Waals surface area contributed by atoms with Crippen LogP contribution >= 0.6 is 0 Å². The van der Waals surface area contributed by atoms with E-state index in [1.807, 2.05) is 13.8 Å². The van der Waals surface area contributed by atoms with E-state index in [9.17, 15) is 4.79 Å². The molecule has 2 aromatic rings. The molecule has 3 rings (SSSR count). The standard InChI is InChI=1S/C14H18N6O/c1-3-20-18-9(2)12(19-20)8-16-14(21)11-6-7-15-13(17-11)10-4-5-10/h6-7,10H,3-5,8H2,1-2H3,(H,16,21). The minimum atomic E-state index is -0.204. The fourth-order valence-corrected chi connectivity index (χ4v) is 2.06. The largest absolute Gasteiger partial charge is 0.345 e. The third kappa shape index (κ3) is 3.07. The number of amides is 1. The van der Waals surface area contributed by atoms with Crippen molar-refractivity contribution in [2.24, 2.45) is 0 Å². The normalized spacial score (nSPS) is 14.2. The quantitative estimate of drug-likeness (QED) is 0.892. The lowest BCUT2D eigenvalue weighted by molar-refractivity contribution is 0.0945. The predicted octanol–water partition coefficient (Wildman–Crippen LogP) is 1.20. The van der Waals surface area contributed by atoms with E-state index in [1.54, 1.807) is 17.1 Å². The minimum Gasteiger partial charge on any atom is -0.345 e. The highest BCUT2D eigenvalue weighted by Gasteiger charge is 2.27. The van der Waals surface area contributed by atoms with Gasteiger partial charge in [-0.1, -0.05) is 0 Å². The number of nitrogens with one attached hydrogen (secondary N) is 1. The molecule has 0 atom stereocenters. The van der Waals surface area contributed by atoms with Crippen LogP contribution < -0.4 is 5.32 Å². The maximum atomic E-state index is 12.1. The van der Waals surface area contributed by atoms with Gasteiger partial charge in [-0.25, -0.2) is 9.97 Å². The number of hydrogen-bond donors (Lipinski definition) is 1. The molecular weight excluding hydrogens is 268 g/mol. The van der Waals surface area contributed by atoms with Crippen LogP contribution in [-0.2, 0) is 13.1 Å². The highest BCUT2D eigenvalue weighted by Crippen LogP contribution is 2.37. The van der Waals surface area contributed by atoms with E-state index in [0.29, 0.717) is 24.7 Å². The minimum absolute atomic E-state index is 0.204. The Morgan fingerprint density at radius 2 is 2.24 bits per heavy atom. The predicted molar refractivity (Wildman–Crippen MR) is 75.6 cm³/mol. The Morgan fingerprint density at radius 3 is 2.90 bits per heavy atom. The summed E-state index contributed by atoms with van der Waals surface area (Å²) in [4.78, 5) is 22.3. The molecule has 7 heteroatoms. The van der Waals surface area contributed by atoms with Crippen LogP contribution in [0.4, 0.5) is 0 Å². The van der Waals surface area contributed by atoms with Crippen molar-refractivity contribution >= 4 is 5.91 Å². The van der Waals surface area contributed by atoms with E-state index in [1.165, 1.54) is 0 Å². The Labute approximate surface area is 122 Å². The Kier molecular flexibility index (Phi) is 3.64. The second-order valence-corrected chi connectivity index (χ2v) is 5.18. The van der Waals surface area contributed by atoms with E-state index in [0.717, 1.165) is 30.1 Å². The molecule has 2 heterocycles. The molecule has 1 fully saturated rings. The molecule has 0 unspecified atom stereocenters. The van der Waals surface area contributed by atoms with Crippen LogP contribution in [0, 0.1) is 6.92 Å². The van der Waals surface area contributed by atoms with Gasteiger partial charge in [0.05, 0.1) is 18.8 Å². The van der Waals surface area contributed by atoms with Gasteiger partial charge in [0, 0.05) is 12.1 Å². The highest BCUT2D eigenvalue weighted by molar-refractivity contribution is 5.92. The average molecular weight is 286 g/mol. The van der Waals surface area contributed by atoms with Crippen LogP contribution in [0.3, 0.4) is 0 Å². The summed E-state index contributed by atoms with van der Waals surface area (Å²) >= 11 is 0. The van der Waals surface area contributed by atoms with Crippen molar-refractivity contribution < 1.29 is 4.79 Å². The van der Waals surface area contributed by atoms with Gasteiger partial charge in [0.15, 0.2) is 0 Å². The topological polar surface area (TPSA) is 85.6 Å². The van der Waals surface area contributed by atoms with E-state index in [2.05, 4.69) is 25.5 Å². The van der Waals surface area contributed by atoms with Crippen LogP contribution in [0.1, 0.15) is 53.4 Å². The summed E-state index contributed by atoms with van der Waals surface area (Å²) in [6.45, 7) is 4.93. The van der Waals surface area contributed by atoms with Crippen molar-refractivity contribution in [1.29, 1.82) is 0 Å². The third-order valence-corrected chi connectivity index (χ3v) is 3.47. The second-order valence-electron chi connectivity index (χ2n) is 5.18. The van der Waals surface area contributed by atoms with Crippen LogP contribution in [0.25, 0.3) is 0 Å². The molecule has 1 saturated carbocycles. The van der Waals surface area contributed by atoms with Crippen molar-refractivity contribution in [2.75, 3.05) is 0 Å². The first-order valence-electron chi connectivity index (χ1n) is 7.19. The Bertz CT molecular complexity index is 661. The molecular formula is C14H18N6O. The van der Waals surface area contributed by atoms with E-state index < -0.39 is 0 Å². The Balaban J connectivity index is 1.65.